The molecule has 0 fully saturated rings. The van der Waals surface area contributed by atoms with Crippen molar-refractivity contribution in [3.63, 3.8) is 0 Å². The lowest BCUT2D eigenvalue weighted by molar-refractivity contribution is 0.223. The Labute approximate surface area is 87.9 Å². The van der Waals surface area contributed by atoms with Crippen molar-refractivity contribution in [2.45, 2.75) is 6.10 Å². The standard InChI is InChI=1S/C9H7BrO2S/c10-8-2-1-7(13-8)9(11)6-3-4-12-5-6/h1-5,9,11H. The van der Waals surface area contributed by atoms with Crippen LogP contribution in [0.15, 0.2) is 38.9 Å². The summed E-state index contributed by atoms with van der Waals surface area (Å²) in [6.07, 6.45) is 2.54. The largest absolute Gasteiger partial charge is 0.472 e. The summed E-state index contributed by atoms with van der Waals surface area (Å²) in [6.45, 7) is 0. The summed E-state index contributed by atoms with van der Waals surface area (Å²) in [5.74, 6) is 0. The molecule has 2 aromatic heterocycles. The fraction of sp³-hybridized carbons (Fsp3) is 0.111. The molecule has 13 heavy (non-hydrogen) atoms. The second kappa shape index (κ2) is 3.65. The van der Waals surface area contributed by atoms with Gasteiger partial charge in [0.05, 0.1) is 16.3 Å². The van der Waals surface area contributed by atoms with Gasteiger partial charge >= 0.3 is 0 Å². The molecule has 2 heterocycles. The van der Waals surface area contributed by atoms with Crippen molar-refractivity contribution in [2.75, 3.05) is 0 Å². The Morgan fingerprint density at radius 1 is 1.38 bits per heavy atom. The van der Waals surface area contributed by atoms with Crippen LogP contribution in [-0.4, -0.2) is 5.11 Å². The third-order valence-electron chi connectivity index (χ3n) is 1.72. The van der Waals surface area contributed by atoms with Gasteiger partial charge in [0, 0.05) is 10.4 Å². The normalized spacial score (nSPS) is 13.1. The van der Waals surface area contributed by atoms with Crippen LogP contribution in [0.5, 0.6) is 0 Å². The van der Waals surface area contributed by atoms with Gasteiger partial charge in [0.25, 0.3) is 0 Å². The highest BCUT2D eigenvalue weighted by atomic mass is 79.9. The van der Waals surface area contributed by atoms with Gasteiger partial charge in [-0.1, -0.05) is 0 Å². The summed E-state index contributed by atoms with van der Waals surface area (Å²) in [5, 5.41) is 9.82. The van der Waals surface area contributed by atoms with Gasteiger partial charge < -0.3 is 9.52 Å². The highest BCUT2D eigenvalue weighted by Gasteiger charge is 2.13. The second-order valence-electron chi connectivity index (χ2n) is 2.60. The van der Waals surface area contributed by atoms with Crippen molar-refractivity contribution in [3.05, 3.63) is 45.0 Å². The number of hydrogen-bond donors (Lipinski definition) is 1. The average Bonchev–Trinajstić information content (AvgIpc) is 2.72. The fourth-order valence-corrected chi connectivity index (χ4v) is 2.51. The summed E-state index contributed by atoms with van der Waals surface area (Å²) in [7, 11) is 0. The first-order chi connectivity index (χ1) is 6.27. The summed E-state index contributed by atoms with van der Waals surface area (Å²) in [4.78, 5) is 0.910. The van der Waals surface area contributed by atoms with Crippen molar-refractivity contribution in [3.8, 4) is 0 Å². The Bertz CT molecular complexity index is 380. The van der Waals surface area contributed by atoms with Crippen LogP contribution in [-0.2, 0) is 0 Å². The van der Waals surface area contributed by atoms with Crippen LogP contribution >= 0.6 is 27.3 Å². The minimum absolute atomic E-state index is 0.574. The molecule has 1 N–H and O–H groups in total. The van der Waals surface area contributed by atoms with Crippen LogP contribution in [0.1, 0.15) is 16.5 Å². The van der Waals surface area contributed by atoms with Gasteiger partial charge in [-0.05, 0) is 34.1 Å². The van der Waals surface area contributed by atoms with E-state index in [1.165, 1.54) is 11.3 Å². The smallest absolute Gasteiger partial charge is 0.116 e. The zero-order valence-electron chi connectivity index (χ0n) is 6.61. The lowest BCUT2D eigenvalue weighted by Crippen LogP contribution is -1.93. The molecule has 68 valence electrons. The Balaban J connectivity index is 2.28. The first kappa shape index (κ1) is 8.99. The lowest BCUT2D eigenvalue weighted by Gasteiger charge is -2.03. The van der Waals surface area contributed by atoms with E-state index in [-0.39, 0.29) is 0 Å². The molecule has 1 atom stereocenters. The SMILES string of the molecule is OC(c1ccoc1)c1ccc(Br)s1. The number of aliphatic hydroxyl groups excluding tert-OH is 1. The zero-order valence-corrected chi connectivity index (χ0v) is 9.01. The van der Waals surface area contributed by atoms with E-state index in [9.17, 15) is 5.11 Å². The van der Waals surface area contributed by atoms with Crippen molar-refractivity contribution in [2.24, 2.45) is 0 Å². The lowest BCUT2D eigenvalue weighted by atomic mass is 10.2. The van der Waals surface area contributed by atoms with Gasteiger partial charge in [-0.3, -0.25) is 0 Å². The maximum atomic E-state index is 9.82. The van der Waals surface area contributed by atoms with Gasteiger partial charge in [0.15, 0.2) is 0 Å². The Morgan fingerprint density at radius 2 is 2.23 bits per heavy atom. The highest BCUT2D eigenvalue weighted by molar-refractivity contribution is 9.11. The first-order valence-corrected chi connectivity index (χ1v) is 5.34. The van der Waals surface area contributed by atoms with Crippen molar-refractivity contribution in [1.82, 2.24) is 0 Å². The number of rotatable bonds is 2. The van der Waals surface area contributed by atoms with E-state index in [4.69, 9.17) is 4.42 Å². The minimum atomic E-state index is -0.574. The maximum Gasteiger partial charge on any atom is 0.116 e. The number of furan rings is 1. The van der Waals surface area contributed by atoms with Crippen molar-refractivity contribution < 1.29 is 9.52 Å². The van der Waals surface area contributed by atoms with Crippen LogP contribution in [0.2, 0.25) is 0 Å². The van der Waals surface area contributed by atoms with Gasteiger partial charge in [0.1, 0.15) is 6.10 Å². The molecule has 2 nitrogen and oxygen atoms in total. The molecule has 0 saturated heterocycles. The van der Waals surface area contributed by atoms with E-state index in [0.717, 1.165) is 14.2 Å². The molecule has 0 bridgehead atoms. The molecule has 0 aliphatic heterocycles. The van der Waals surface area contributed by atoms with E-state index >= 15 is 0 Å². The third kappa shape index (κ3) is 1.85. The van der Waals surface area contributed by atoms with E-state index in [1.54, 1.807) is 18.6 Å². The monoisotopic (exact) mass is 258 g/mol. The molecule has 4 heteroatoms. The zero-order chi connectivity index (χ0) is 9.26. The van der Waals surface area contributed by atoms with E-state index in [0.29, 0.717) is 0 Å². The van der Waals surface area contributed by atoms with Gasteiger partial charge in [-0.15, -0.1) is 11.3 Å². The summed E-state index contributed by atoms with van der Waals surface area (Å²) in [6, 6.07) is 5.58. The number of thiophene rings is 1. The maximum absolute atomic E-state index is 9.82. The molecule has 0 spiro atoms. The van der Waals surface area contributed by atoms with Gasteiger partial charge in [-0.2, -0.15) is 0 Å². The second-order valence-corrected chi connectivity index (χ2v) is 5.10. The molecule has 0 radical (unpaired) electrons. The number of halogens is 1. The molecule has 0 amide bonds. The van der Waals surface area contributed by atoms with Crippen LogP contribution in [0.25, 0.3) is 0 Å². The van der Waals surface area contributed by atoms with Crippen molar-refractivity contribution >= 4 is 27.3 Å². The predicted molar refractivity (Wildman–Crippen MR) is 54.8 cm³/mol. The molecule has 1 unspecified atom stereocenters. The molecule has 0 aliphatic rings. The van der Waals surface area contributed by atoms with Gasteiger partial charge in [0.2, 0.25) is 0 Å². The van der Waals surface area contributed by atoms with Crippen LogP contribution < -0.4 is 0 Å². The highest BCUT2D eigenvalue weighted by Crippen LogP contribution is 2.31. The molecule has 2 rings (SSSR count). The van der Waals surface area contributed by atoms with Crippen LogP contribution in [0.4, 0.5) is 0 Å². The molecule has 0 aliphatic carbocycles. The fourth-order valence-electron chi connectivity index (χ4n) is 1.07. The number of aliphatic hydroxyl groups is 1. The summed E-state index contributed by atoms with van der Waals surface area (Å²) >= 11 is 4.87. The Kier molecular flexibility index (Phi) is 2.53. The van der Waals surface area contributed by atoms with Crippen molar-refractivity contribution in [1.29, 1.82) is 0 Å². The van der Waals surface area contributed by atoms with E-state index < -0.39 is 6.10 Å². The summed E-state index contributed by atoms with van der Waals surface area (Å²) in [5.41, 5.74) is 0.786. The molecule has 0 saturated carbocycles. The quantitative estimate of drug-likeness (QED) is 0.898. The average molecular weight is 259 g/mol. The van der Waals surface area contributed by atoms with Gasteiger partial charge in [-0.25, -0.2) is 0 Å². The first-order valence-electron chi connectivity index (χ1n) is 3.73. The van der Waals surface area contributed by atoms with Crippen LogP contribution in [0.3, 0.4) is 0 Å². The van der Waals surface area contributed by atoms with E-state index in [1.807, 2.05) is 12.1 Å². The molecule has 0 aromatic carbocycles. The molecule has 2 aromatic rings. The molecular weight excluding hydrogens is 252 g/mol. The Morgan fingerprint density at radius 3 is 2.77 bits per heavy atom. The minimum Gasteiger partial charge on any atom is -0.472 e. The molecular formula is C9H7BrO2S. The summed E-state index contributed by atoms with van der Waals surface area (Å²) < 4.78 is 5.92. The van der Waals surface area contributed by atoms with Crippen LogP contribution in [0, 0.1) is 0 Å². The predicted octanol–water partition coefficient (Wildman–Crippen LogP) is 3.19. The number of hydrogen-bond acceptors (Lipinski definition) is 3. The third-order valence-corrected chi connectivity index (χ3v) is 3.40. The van der Waals surface area contributed by atoms with E-state index in [2.05, 4.69) is 15.9 Å². The Hall–Kier alpha value is -0.580. The topological polar surface area (TPSA) is 33.4 Å².